The van der Waals surface area contributed by atoms with Crippen molar-refractivity contribution in [1.82, 2.24) is 4.31 Å². The van der Waals surface area contributed by atoms with Gasteiger partial charge in [0.2, 0.25) is 15.9 Å². The van der Waals surface area contributed by atoms with Gasteiger partial charge in [-0.25, -0.2) is 8.42 Å². The molecule has 8 heteroatoms. The van der Waals surface area contributed by atoms with Crippen molar-refractivity contribution in [3.05, 3.63) is 59.7 Å². The second kappa shape index (κ2) is 10.4. The van der Waals surface area contributed by atoms with Crippen LogP contribution < -0.4 is 5.32 Å². The average molecular weight is 459 g/mol. The molecule has 2 aromatic carbocycles. The minimum Gasteiger partial charge on any atom is -0.374 e. The molecule has 0 aliphatic carbocycles. The number of carbonyl (C=O) groups is 2. The van der Waals surface area contributed by atoms with Crippen LogP contribution in [0.25, 0.3) is 0 Å². The first-order valence-electron chi connectivity index (χ1n) is 10.8. The molecule has 1 aliphatic rings. The molecule has 0 bridgehead atoms. The van der Waals surface area contributed by atoms with E-state index >= 15 is 0 Å². The molecule has 0 spiro atoms. The van der Waals surface area contributed by atoms with Crippen LogP contribution in [-0.2, 0) is 26.2 Å². The topological polar surface area (TPSA) is 92.8 Å². The number of sulfonamides is 1. The molecule has 0 radical (unpaired) electrons. The van der Waals surface area contributed by atoms with Gasteiger partial charge in [-0.05, 0) is 63.4 Å². The van der Waals surface area contributed by atoms with Crippen LogP contribution >= 0.6 is 0 Å². The summed E-state index contributed by atoms with van der Waals surface area (Å²) in [5, 5.41) is 2.95. The van der Waals surface area contributed by atoms with Gasteiger partial charge in [-0.3, -0.25) is 9.59 Å². The molecule has 32 heavy (non-hydrogen) atoms. The number of Topliss-reactive ketones (excluding diaryl/α,β-unsaturated/α-hetero) is 1. The summed E-state index contributed by atoms with van der Waals surface area (Å²) in [6.45, 7) is 6.41. The van der Waals surface area contributed by atoms with Crippen LogP contribution in [0.2, 0.25) is 0 Å². The van der Waals surface area contributed by atoms with Gasteiger partial charge in [-0.2, -0.15) is 4.31 Å². The van der Waals surface area contributed by atoms with Crippen LogP contribution in [0.5, 0.6) is 0 Å². The van der Waals surface area contributed by atoms with Gasteiger partial charge in [0.15, 0.2) is 5.78 Å². The van der Waals surface area contributed by atoms with Gasteiger partial charge in [0.25, 0.3) is 0 Å². The summed E-state index contributed by atoms with van der Waals surface area (Å²) >= 11 is 0. The first-order valence-corrected chi connectivity index (χ1v) is 12.2. The van der Waals surface area contributed by atoms with Crippen LogP contribution in [0.4, 0.5) is 5.69 Å². The summed E-state index contributed by atoms with van der Waals surface area (Å²) in [7, 11) is -3.66. The molecule has 1 heterocycles. The first kappa shape index (κ1) is 24.1. The van der Waals surface area contributed by atoms with Crippen LogP contribution in [0.1, 0.15) is 49.5 Å². The summed E-state index contributed by atoms with van der Waals surface area (Å²) in [5.41, 5.74) is 2.16. The van der Waals surface area contributed by atoms with Crippen LogP contribution in [-0.4, -0.2) is 43.6 Å². The number of rotatable bonds is 8. The molecule has 1 fully saturated rings. The van der Waals surface area contributed by atoms with Gasteiger partial charge < -0.3 is 10.1 Å². The molecule has 0 atom stereocenters. The van der Waals surface area contributed by atoms with E-state index in [-0.39, 0.29) is 41.7 Å². The van der Waals surface area contributed by atoms with Crippen molar-refractivity contribution in [3.8, 4) is 0 Å². The van der Waals surface area contributed by atoms with Crippen LogP contribution in [0.15, 0.2) is 53.4 Å². The van der Waals surface area contributed by atoms with Crippen molar-refractivity contribution >= 4 is 27.4 Å². The summed E-state index contributed by atoms with van der Waals surface area (Å²) in [4.78, 5) is 24.3. The number of anilines is 1. The summed E-state index contributed by atoms with van der Waals surface area (Å²) in [5.74, 6) is -0.467. The largest absolute Gasteiger partial charge is 0.374 e. The molecule has 0 aromatic heterocycles. The minimum absolute atomic E-state index is 0.102. The smallest absolute Gasteiger partial charge is 0.243 e. The second-order valence-corrected chi connectivity index (χ2v) is 10.2. The number of amides is 1. The van der Waals surface area contributed by atoms with Gasteiger partial charge in [0, 0.05) is 30.3 Å². The van der Waals surface area contributed by atoms with Crippen molar-refractivity contribution in [2.75, 3.05) is 18.4 Å². The fraction of sp³-hybridized carbons (Fsp3) is 0.417. The van der Waals surface area contributed by atoms with E-state index in [1.807, 2.05) is 38.1 Å². The number of benzene rings is 2. The first-order chi connectivity index (χ1) is 15.2. The zero-order chi connectivity index (χ0) is 23.3. The maximum absolute atomic E-state index is 12.9. The highest BCUT2D eigenvalue weighted by atomic mass is 32.2. The van der Waals surface area contributed by atoms with Crippen molar-refractivity contribution in [2.24, 2.45) is 5.92 Å². The lowest BCUT2D eigenvalue weighted by atomic mass is 9.97. The lowest BCUT2D eigenvalue weighted by molar-refractivity contribution is -0.120. The van der Waals surface area contributed by atoms with E-state index in [0.717, 1.165) is 5.56 Å². The third kappa shape index (κ3) is 6.03. The zero-order valence-corrected chi connectivity index (χ0v) is 19.5. The van der Waals surface area contributed by atoms with Crippen LogP contribution in [0.3, 0.4) is 0 Å². The third-order valence-electron chi connectivity index (χ3n) is 5.50. The number of ketones is 1. The average Bonchev–Trinajstić information content (AvgIpc) is 2.78. The molecule has 1 aliphatic heterocycles. The highest BCUT2D eigenvalue weighted by Gasteiger charge is 2.32. The molecule has 2 aromatic rings. The molecule has 1 N–H and O–H groups in total. The Morgan fingerprint density at radius 2 is 1.75 bits per heavy atom. The number of carbonyl (C=O) groups excluding carboxylic acids is 2. The predicted octanol–water partition coefficient (Wildman–Crippen LogP) is 3.85. The lowest BCUT2D eigenvalue weighted by Crippen LogP contribution is -2.41. The van der Waals surface area contributed by atoms with E-state index in [4.69, 9.17) is 4.74 Å². The maximum atomic E-state index is 12.9. The van der Waals surface area contributed by atoms with Gasteiger partial charge >= 0.3 is 0 Å². The number of hydrogen-bond acceptors (Lipinski definition) is 5. The Hall–Kier alpha value is -2.55. The van der Waals surface area contributed by atoms with Crippen molar-refractivity contribution < 1.29 is 22.7 Å². The van der Waals surface area contributed by atoms with Gasteiger partial charge in [-0.1, -0.05) is 24.3 Å². The Morgan fingerprint density at radius 1 is 1.09 bits per heavy atom. The van der Waals surface area contributed by atoms with Crippen LogP contribution in [0, 0.1) is 5.92 Å². The van der Waals surface area contributed by atoms with Crippen molar-refractivity contribution in [2.45, 2.75) is 51.2 Å². The fourth-order valence-electron chi connectivity index (χ4n) is 3.62. The Bertz CT molecular complexity index is 1060. The number of nitrogens with zero attached hydrogens (tertiary/aromatic N) is 1. The van der Waals surface area contributed by atoms with E-state index in [0.29, 0.717) is 30.7 Å². The second-order valence-electron chi connectivity index (χ2n) is 8.31. The Kier molecular flexibility index (Phi) is 7.82. The molecule has 172 valence electrons. The number of ether oxygens (including phenoxy) is 1. The number of nitrogens with one attached hydrogen (secondary N) is 1. The number of piperidine rings is 1. The zero-order valence-electron chi connectivity index (χ0n) is 18.7. The maximum Gasteiger partial charge on any atom is 0.243 e. The van der Waals surface area contributed by atoms with E-state index in [1.54, 1.807) is 0 Å². The van der Waals surface area contributed by atoms with Gasteiger partial charge in [-0.15, -0.1) is 0 Å². The van der Waals surface area contributed by atoms with E-state index in [1.165, 1.54) is 35.5 Å². The Morgan fingerprint density at radius 3 is 2.34 bits per heavy atom. The van der Waals surface area contributed by atoms with Gasteiger partial charge in [0.05, 0.1) is 17.6 Å². The highest BCUT2D eigenvalue weighted by molar-refractivity contribution is 7.89. The van der Waals surface area contributed by atoms with E-state index in [9.17, 15) is 18.0 Å². The number of hydrogen-bond donors (Lipinski definition) is 1. The standard InChI is InChI=1S/C24H30N2O5S/c1-17(2)31-16-19-5-4-6-22(15-19)25-24(28)21-11-13-26(14-12-21)32(29,30)23-9-7-20(8-10-23)18(3)27/h4-10,15,17,21H,11-14,16H2,1-3H3,(H,25,28). The molecular formula is C24H30N2O5S. The van der Waals surface area contributed by atoms with Crippen molar-refractivity contribution in [3.63, 3.8) is 0 Å². The molecule has 0 unspecified atom stereocenters. The summed E-state index contributed by atoms with van der Waals surface area (Å²) in [6, 6.07) is 13.5. The van der Waals surface area contributed by atoms with Gasteiger partial charge in [0.1, 0.15) is 0 Å². The van der Waals surface area contributed by atoms with E-state index < -0.39 is 10.0 Å². The summed E-state index contributed by atoms with van der Waals surface area (Å²) in [6.07, 6.45) is 1.03. The van der Waals surface area contributed by atoms with E-state index in [2.05, 4.69) is 5.32 Å². The molecule has 3 rings (SSSR count). The SMILES string of the molecule is CC(=O)c1ccc(S(=O)(=O)N2CCC(C(=O)Nc3cccc(COC(C)C)c3)CC2)cc1. The lowest BCUT2D eigenvalue weighted by Gasteiger charge is -2.30. The Labute approximate surface area is 189 Å². The monoisotopic (exact) mass is 458 g/mol. The predicted molar refractivity (Wildman–Crippen MR) is 123 cm³/mol. The summed E-state index contributed by atoms with van der Waals surface area (Å²) < 4.78 is 32.8. The molecule has 1 amide bonds. The molecule has 0 saturated carbocycles. The van der Waals surface area contributed by atoms with Crippen molar-refractivity contribution in [1.29, 1.82) is 0 Å². The third-order valence-corrected chi connectivity index (χ3v) is 7.41. The minimum atomic E-state index is -3.66. The normalized spacial score (nSPS) is 15.6. The molecule has 1 saturated heterocycles. The quantitative estimate of drug-likeness (QED) is 0.607. The fourth-order valence-corrected chi connectivity index (χ4v) is 5.08. The molecular weight excluding hydrogens is 428 g/mol. The molecule has 7 nitrogen and oxygen atoms in total. The Balaban J connectivity index is 1.57. The highest BCUT2D eigenvalue weighted by Crippen LogP contribution is 2.25.